The van der Waals surface area contributed by atoms with Gasteiger partial charge in [0.1, 0.15) is 22.7 Å². The van der Waals surface area contributed by atoms with Crippen LogP contribution in [0.2, 0.25) is 0 Å². The Morgan fingerprint density at radius 1 is 0.793 bits per heavy atom. The van der Waals surface area contributed by atoms with Gasteiger partial charge in [0.2, 0.25) is 0 Å². The first kappa shape index (κ1) is 24.6. The summed E-state index contributed by atoms with van der Waals surface area (Å²) in [6, 6.07) is 16.1. The van der Waals surface area contributed by atoms with Gasteiger partial charge >= 0.3 is 0 Å². The average Bonchev–Trinajstić information content (AvgIpc) is 2.69. The molecule has 0 aromatic heterocycles. The number of ether oxygens (including phenoxy) is 2. The molecule has 2 rings (SSSR count). The highest BCUT2D eigenvalue weighted by Gasteiger charge is 2.17. The van der Waals surface area contributed by atoms with Crippen LogP contribution in [0.5, 0.6) is 11.5 Å². The van der Waals surface area contributed by atoms with Crippen molar-refractivity contribution in [2.45, 2.75) is 72.5 Å². The lowest BCUT2D eigenvalue weighted by molar-refractivity contribution is 0.105. The van der Waals surface area contributed by atoms with E-state index in [1.807, 2.05) is 61.5 Å². The van der Waals surface area contributed by atoms with Crippen LogP contribution in [0.15, 0.2) is 61.7 Å². The van der Waals surface area contributed by atoms with Gasteiger partial charge < -0.3 is 9.47 Å². The van der Waals surface area contributed by atoms with Crippen LogP contribution in [0.25, 0.3) is 11.6 Å². The van der Waals surface area contributed by atoms with Gasteiger partial charge in [0.15, 0.2) is 0 Å². The van der Waals surface area contributed by atoms with Crippen LogP contribution in [0, 0.1) is 0 Å². The Labute approximate surface area is 178 Å². The lowest BCUT2D eigenvalue weighted by Crippen LogP contribution is -2.26. The number of benzene rings is 2. The Morgan fingerprint density at radius 2 is 1.17 bits per heavy atom. The lowest BCUT2D eigenvalue weighted by Gasteiger charge is -2.24. The summed E-state index contributed by atoms with van der Waals surface area (Å²) in [7, 11) is 0. The van der Waals surface area contributed by atoms with E-state index in [9.17, 15) is 0 Å². The summed E-state index contributed by atoms with van der Waals surface area (Å²) in [5, 5.41) is 0. The van der Waals surface area contributed by atoms with E-state index in [0.717, 1.165) is 41.0 Å². The lowest BCUT2D eigenvalue weighted by atomic mass is 10.1. The SMILES string of the molecule is C=C(C)c1ccc(OC(C)(C)CC)cc1.C=Cc1ccc(OC(C)(C)CC)cc1. The van der Waals surface area contributed by atoms with E-state index >= 15 is 0 Å². The summed E-state index contributed by atoms with van der Waals surface area (Å²) < 4.78 is 11.7. The van der Waals surface area contributed by atoms with Crippen molar-refractivity contribution >= 4 is 11.6 Å². The molecule has 0 aliphatic heterocycles. The van der Waals surface area contributed by atoms with Crippen molar-refractivity contribution < 1.29 is 9.47 Å². The van der Waals surface area contributed by atoms with Crippen molar-refractivity contribution in [1.82, 2.24) is 0 Å². The third-order valence-electron chi connectivity index (χ3n) is 4.95. The minimum Gasteiger partial charge on any atom is -0.488 e. The van der Waals surface area contributed by atoms with E-state index in [0.29, 0.717) is 0 Å². The van der Waals surface area contributed by atoms with Gasteiger partial charge in [-0.05, 0) is 82.9 Å². The highest BCUT2D eigenvalue weighted by Crippen LogP contribution is 2.23. The first-order chi connectivity index (χ1) is 13.5. The average molecular weight is 395 g/mol. The number of allylic oxidation sites excluding steroid dienone is 1. The van der Waals surface area contributed by atoms with Gasteiger partial charge in [-0.1, -0.05) is 62.9 Å². The molecule has 0 saturated heterocycles. The van der Waals surface area contributed by atoms with E-state index in [1.54, 1.807) is 0 Å². The van der Waals surface area contributed by atoms with Gasteiger partial charge in [-0.2, -0.15) is 0 Å². The van der Waals surface area contributed by atoms with Crippen molar-refractivity contribution in [3.8, 4) is 11.5 Å². The first-order valence-electron chi connectivity index (χ1n) is 10.4. The second-order valence-corrected chi connectivity index (χ2v) is 8.51. The zero-order valence-corrected chi connectivity index (χ0v) is 19.3. The summed E-state index contributed by atoms with van der Waals surface area (Å²) in [6.07, 6.45) is 3.82. The molecule has 0 bridgehead atoms. The Morgan fingerprint density at radius 3 is 1.48 bits per heavy atom. The molecule has 158 valence electrons. The molecule has 0 heterocycles. The molecule has 0 fully saturated rings. The second kappa shape index (κ2) is 10.9. The molecule has 0 amide bonds. The van der Waals surface area contributed by atoms with Crippen molar-refractivity contribution in [2.24, 2.45) is 0 Å². The predicted octanol–water partition coefficient (Wildman–Crippen LogP) is 8.18. The van der Waals surface area contributed by atoms with Crippen molar-refractivity contribution in [3.63, 3.8) is 0 Å². The third-order valence-corrected chi connectivity index (χ3v) is 4.95. The molecule has 0 N–H and O–H groups in total. The van der Waals surface area contributed by atoms with Crippen LogP contribution >= 0.6 is 0 Å². The summed E-state index contributed by atoms with van der Waals surface area (Å²) >= 11 is 0. The van der Waals surface area contributed by atoms with E-state index in [2.05, 4.69) is 54.7 Å². The van der Waals surface area contributed by atoms with Gasteiger partial charge in [-0.25, -0.2) is 0 Å². The van der Waals surface area contributed by atoms with Crippen molar-refractivity contribution in [1.29, 1.82) is 0 Å². The molecule has 0 unspecified atom stereocenters. The topological polar surface area (TPSA) is 18.5 Å². The zero-order chi connectivity index (χ0) is 22.1. The number of hydrogen-bond acceptors (Lipinski definition) is 2. The first-order valence-corrected chi connectivity index (χ1v) is 10.4. The largest absolute Gasteiger partial charge is 0.488 e. The smallest absolute Gasteiger partial charge is 0.120 e. The van der Waals surface area contributed by atoms with Gasteiger partial charge in [-0.3, -0.25) is 0 Å². The quantitative estimate of drug-likeness (QED) is 0.449. The maximum Gasteiger partial charge on any atom is 0.120 e. The molecule has 0 spiro atoms. The molecule has 29 heavy (non-hydrogen) atoms. The van der Waals surface area contributed by atoms with E-state index < -0.39 is 0 Å². The van der Waals surface area contributed by atoms with Gasteiger partial charge in [-0.15, -0.1) is 0 Å². The molecule has 2 aromatic carbocycles. The fourth-order valence-corrected chi connectivity index (χ4v) is 2.26. The molecule has 0 atom stereocenters. The third kappa shape index (κ3) is 9.04. The van der Waals surface area contributed by atoms with Crippen LogP contribution < -0.4 is 9.47 Å². The summed E-state index contributed by atoms with van der Waals surface area (Å²) in [4.78, 5) is 0. The molecule has 2 nitrogen and oxygen atoms in total. The maximum absolute atomic E-state index is 5.86. The Kier molecular flexibility index (Phi) is 9.23. The highest BCUT2D eigenvalue weighted by atomic mass is 16.5. The standard InChI is InChI=1S/C14H20O.C13H18O/c1-6-14(4,5)15-13-9-7-12(8-10-13)11(2)3;1-5-11-7-9-12(10-8-11)14-13(3,4)6-2/h7-10H,2,6H2,1,3-5H3;5,7-10H,1,6H2,2-4H3. The Balaban J connectivity index is 0.000000291. The summed E-state index contributed by atoms with van der Waals surface area (Å²) in [6.45, 7) is 22.2. The fraction of sp³-hybridized carbons (Fsp3) is 0.407. The minimum atomic E-state index is -0.0925. The van der Waals surface area contributed by atoms with Crippen molar-refractivity contribution in [3.05, 3.63) is 72.8 Å². The van der Waals surface area contributed by atoms with Gasteiger partial charge in [0.25, 0.3) is 0 Å². The zero-order valence-electron chi connectivity index (χ0n) is 19.3. The van der Waals surface area contributed by atoms with Gasteiger partial charge in [0.05, 0.1) is 0 Å². The Hall–Kier alpha value is -2.48. The van der Waals surface area contributed by atoms with Crippen LogP contribution in [-0.4, -0.2) is 11.2 Å². The minimum absolute atomic E-state index is 0.0876. The molecule has 2 heteroatoms. The molecular weight excluding hydrogens is 356 g/mol. The van der Waals surface area contributed by atoms with Crippen LogP contribution in [0.1, 0.15) is 72.4 Å². The fourth-order valence-electron chi connectivity index (χ4n) is 2.26. The summed E-state index contributed by atoms with van der Waals surface area (Å²) in [5.74, 6) is 1.84. The van der Waals surface area contributed by atoms with E-state index in [1.165, 1.54) is 0 Å². The predicted molar refractivity (Wildman–Crippen MR) is 128 cm³/mol. The second-order valence-electron chi connectivity index (χ2n) is 8.51. The van der Waals surface area contributed by atoms with Gasteiger partial charge in [0, 0.05) is 0 Å². The molecule has 0 aliphatic rings. The summed E-state index contributed by atoms with van der Waals surface area (Å²) in [5.41, 5.74) is 3.18. The van der Waals surface area contributed by atoms with E-state index in [-0.39, 0.29) is 11.2 Å². The number of rotatable bonds is 8. The molecular formula is C27H38O2. The van der Waals surface area contributed by atoms with E-state index in [4.69, 9.17) is 9.47 Å². The molecule has 0 aliphatic carbocycles. The van der Waals surface area contributed by atoms with Crippen LogP contribution in [0.3, 0.4) is 0 Å². The van der Waals surface area contributed by atoms with Crippen LogP contribution in [0.4, 0.5) is 0 Å². The molecule has 0 radical (unpaired) electrons. The molecule has 0 saturated carbocycles. The maximum atomic E-state index is 5.86. The van der Waals surface area contributed by atoms with Crippen molar-refractivity contribution in [2.75, 3.05) is 0 Å². The monoisotopic (exact) mass is 394 g/mol. The molecule has 2 aromatic rings. The Bertz CT molecular complexity index is 765. The highest BCUT2D eigenvalue weighted by molar-refractivity contribution is 5.61. The normalized spacial score (nSPS) is 11.1. The number of hydrogen-bond donors (Lipinski definition) is 0. The van der Waals surface area contributed by atoms with Crippen LogP contribution in [-0.2, 0) is 0 Å².